The van der Waals surface area contributed by atoms with Gasteiger partial charge in [-0.25, -0.2) is 4.98 Å². The quantitative estimate of drug-likeness (QED) is 0.210. The van der Waals surface area contributed by atoms with Gasteiger partial charge >= 0.3 is 0 Å². The molecule has 3 heterocycles. The van der Waals surface area contributed by atoms with Crippen LogP contribution in [-0.2, 0) is 0 Å². The van der Waals surface area contributed by atoms with Gasteiger partial charge in [-0.1, -0.05) is 103 Å². The molecule has 0 spiro atoms. The van der Waals surface area contributed by atoms with Gasteiger partial charge in [-0.05, 0) is 71.3 Å². The van der Waals surface area contributed by atoms with E-state index in [1.165, 1.54) is 44.0 Å². The number of nitrogens with zero attached hydrogens (tertiary/aromatic N) is 3. The van der Waals surface area contributed by atoms with Gasteiger partial charge in [0.05, 0.1) is 16.6 Å². The topological polar surface area (TPSA) is 22.8 Å². The molecule has 6 aromatic carbocycles. The maximum atomic E-state index is 5.13. The minimum absolute atomic E-state index is 0.960. The van der Waals surface area contributed by atoms with E-state index in [2.05, 4.69) is 167 Å². The van der Waals surface area contributed by atoms with E-state index < -0.39 is 0 Å². The zero-order chi connectivity index (χ0) is 29.0. The Kier molecular flexibility index (Phi) is 5.50. The molecule has 0 bridgehead atoms. The van der Waals surface area contributed by atoms with Crippen molar-refractivity contribution in [3.8, 4) is 33.6 Å². The Labute approximate surface area is 254 Å². The largest absolute Gasteiger partial charge is 0.309 e. The van der Waals surface area contributed by atoms with Gasteiger partial charge in [0.15, 0.2) is 0 Å². The molecule has 0 unspecified atom stereocenters. The van der Waals surface area contributed by atoms with E-state index in [4.69, 9.17) is 4.98 Å². The Morgan fingerprint density at radius 1 is 0.341 bits per heavy atom. The van der Waals surface area contributed by atoms with Crippen LogP contribution in [-0.4, -0.2) is 14.1 Å². The minimum Gasteiger partial charge on any atom is -0.309 e. The average Bonchev–Trinajstić information content (AvgIpc) is 3.61. The number of rotatable bonds is 4. The van der Waals surface area contributed by atoms with Crippen molar-refractivity contribution in [3.05, 3.63) is 164 Å². The summed E-state index contributed by atoms with van der Waals surface area (Å²) < 4.78 is 4.64. The predicted molar refractivity (Wildman–Crippen MR) is 184 cm³/mol. The maximum absolute atomic E-state index is 5.13. The van der Waals surface area contributed by atoms with Gasteiger partial charge in [-0.3, -0.25) is 4.57 Å². The normalized spacial score (nSPS) is 11.6. The Morgan fingerprint density at radius 2 is 0.909 bits per heavy atom. The molecule has 0 aliphatic carbocycles. The number of pyridine rings is 1. The second-order valence-electron chi connectivity index (χ2n) is 11.3. The number of para-hydroxylation sites is 3. The first-order valence-corrected chi connectivity index (χ1v) is 15.0. The van der Waals surface area contributed by atoms with Crippen LogP contribution in [0.2, 0.25) is 0 Å². The summed E-state index contributed by atoms with van der Waals surface area (Å²) >= 11 is 0. The smallest absolute Gasteiger partial charge is 0.145 e. The van der Waals surface area contributed by atoms with E-state index in [0.29, 0.717) is 0 Å². The molecule has 44 heavy (non-hydrogen) atoms. The highest BCUT2D eigenvalue weighted by Gasteiger charge is 2.17. The number of fused-ring (bicyclic) bond motifs is 6. The molecular weight excluding hydrogens is 534 g/mol. The van der Waals surface area contributed by atoms with E-state index in [1.54, 1.807) is 0 Å². The van der Waals surface area contributed by atoms with Crippen molar-refractivity contribution in [1.29, 1.82) is 0 Å². The molecule has 0 amide bonds. The lowest BCUT2D eigenvalue weighted by atomic mass is 10.0. The van der Waals surface area contributed by atoms with Gasteiger partial charge in [-0.2, -0.15) is 0 Å². The van der Waals surface area contributed by atoms with Crippen LogP contribution in [0.1, 0.15) is 0 Å². The highest BCUT2D eigenvalue weighted by molar-refractivity contribution is 6.12. The summed E-state index contributed by atoms with van der Waals surface area (Å²) in [6.07, 6.45) is 2.02. The van der Waals surface area contributed by atoms with Crippen molar-refractivity contribution < 1.29 is 0 Å². The van der Waals surface area contributed by atoms with Crippen LogP contribution in [0.15, 0.2) is 164 Å². The molecule has 0 saturated heterocycles. The monoisotopic (exact) mass is 561 g/mol. The molecular formula is C41H27N3. The van der Waals surface area contributed by atoms with Crippen molar-refractivity contribution in [3.63, 3.8) is 0 Å². The zero-order valence-electron chi connectivity index (χ0n) is 23.9. The molecule has 3 nitrogen and oxygen atoms in total. The molecule has 0 radical (unpaired) electrons. The Morgan fingerprint density at radius 3 is 1.70 bits per heavy atom. The van der Waals surface area contributed by atoms with E-state index >= 15 is 0 Å². The van der Waals surface area contributed by atoms with Crippen LogP contribution in [0.25, 0.3) is 77.4 Å². The van der Waals surface area contributed by atoms with E-state index in [9.17, 15) is 0 Å². The summed E-state index contributed by atoms with van der Waals surface area (Å²) in [7, 11) is 0. The summed E-state index contributed by atoms with van der Waals surface area (Å²) in [6, 6.07) is 56.3. The number of hydrogen-bond donors (Lipinski definition) is 0. The molecule has 0 N–H and O–H groups in total. The molecule has 206 valence electrons. The van der Waals surface area contributed by atoms with Crippen LogP contribution in [0, 0.1) is 0 Å². The van der Waals surface area contributed by atoms with Gasteiger partial charge in [-0.15, -0.1) is 0 Å². The van der Waals surface area contributed by atoms with Crippen LogP contribution in [0.3, 0.4) is 0 Å². The average molecular weight is 562 g/mol. The van der Waals surface area contributed by atoms with Gasteiger partial charge in [0.25, 0.3) is 0 Å². The van der Waals surface area contributed by atoms with Crippen molar-refractivity contribution in [2.24, 2.45) is 0 Å². The number of hydrogen-bond acceptors (Lipinski definition) is 1. The highest BCUT2D eigenvalue weighted by atomic mass is 15.0. The van der Waals surface area contributed by atoms with E-state index in [1.807, 2.05) is 6.20 Å². The number of aromatic nitrogens is 3. The lowest BCUT2D eigenvalue weighted by Crippen LogP contribution is -1.96. The third-order valence-corrected chi connectivity index (χ3v) is 8.75. The van der Waals surface area contributed by atoms with Crippen molar-refractivity contribution in [2.45, 2.75) is 0 Å². The molecule has 9 rings (SSSR count). The second kappa shape index (κ2) is 9.82. The van der Waals surface area contributed by atoms with Crippen molar-refractivity contribution in [1.82, 2.24) is 14.1 Å². The molecule has 3 aromatic heterocycles. The molecule has 0 aliphatic heterocycles. The molecule has 9 aromatic rings. The minimum atomic E-state index is 0.960. The first-order chi connectivity index (χ1) is 21.8. The third-order valence-electron chi connectivity index (χ3n) is 8.75. The van der Waals surface area contributed by atoms with E-state index in [0.717, 1.165) is 33.4 Å². The van der Waals surface area contributed by atoms with Crippen molar-refractivity contribution >= 4 is 43.7 Å². The highest BCUT2D eigenvalue weighted by Crippen LogP contribution is 2.37. The fraction of sp³-hybridized carbons (Fsp3) is 0. The van der Waals surface area contributed by atoms with Gasteiger partial charge in [0.1, 0.15) is 5.65 Å². The second-order valence-corrected chi connectivity index (χ2v) is 11.3. The van der Waals surface area contributed by atoms with Gasteiger partial charge < -0.3 is 4.57 Å². The Balaban J connectivity index is 1.23. The van der Waals surface area contributed by atoms with Crippen LogP contribution < -0.4 is 0 Å². The SMILES string of the molecule is c1ccc(-c2cccc(-n3c4ccccc4c4cc(-c5ccc6c(c5)c5ccccc5n6-c5ccccc5)cnc43)c2)cc1. The third kappa shape index (κ3) is 3.80. The Bertz CT molecular complexity index is 2480. The lowest BCUT2D eigenvalue weighted by molar-refractivity contribution is 1.14. The van der Waals surface area contributed by atoms with Crippen LogP contribution in [0.5, 0.6) is 0 Å². The van der Waals surface area contributed by atoms with Crippen LogP contribution in [0.4, 0.5) is 0 Å². The molecule has 0 aliphatic rings. The summed E-state index contributed by atoms with van der Waals surface area (Å²) in [5, 5.41) is 4.83. The number of benzene rings is 6. The van der Waals surface area contributed by atoms with Crippen molar-refractivity contribution in [2.75, 3.05) is 0 Å². The summed E-state index contributed by atoms with van der Waals surface area (Å²) in [5.74, 6) is 0. The summed E-state index contributed by atoms with van der Waals surface area (Å²) in [6.45, 7) is 0. The fourth-order valence-electron chi connectivity index (χ4n) is 6.73. The lowest BCUT2D eigenvalue weighted by Gasteiger charge is -2.10. The molecule has 3 heteroatoms. The maximum Gasteiger partial charge on any atom is 0.145 e. The Hall–Kier alpha value is -5.93. The fourth-order valence-corrected chi connectivity index (χ4v) is 6.73. The molecule has 0 saturated carbocycles. The predicted octanol–water partition coefficient (Wildman–Crippen LogP) is 10.6. The molecule has 0 atom stereocenters. The zero-order valence-corrected chi connectivity index (χ0v) is 23.9. The summed E-state index contributed by atoms with van der Waals surface area (Å²) in [5.41, 5.74) is 11.4. The van der Waals surface area contributed by atoms with E-state index in [-0.39, 0.29) is 0 Å². The standard InChI is InChI=1S/C41H27N3/c1-3-12-28(13-4-1)29-14-11-17-33(24-29)44-39-21-10-8-19-35(39)37-26-31(27-42-41(37)44)30-22-23-40-36(25-30)34-18-7-9-20-38(34)43(40)32-15-5-2-6-16-32/h1-27H. The van der Waals surface area contributed by atoms with Gasteiger partial charge in [0, 0.05) is 44.7 Å². The summed E-state index contributed by atoms with van der Waals surface area (Å²) in [4.78, 5) is 5.13. The van der Waals surface area contributed by atoms with Gasteiger partial charge in [0.2, 0.25) is 0 Å². The first-order valence-electron chi connectivity index (χ1n) is 15.0. The molecule has 0 fully saturated rings. The first kappa shape index (κ1) is 24.6. The van der Waals surface area contributed by atoms with Crippen LogP contribution >= 0.6 is 0 Å².